The number of nitrogens with one attached hydrogen (secondary N) is 1. The molecule has 1 N–H and O–H groups in total. The van der Waals surface area contributed by atoms with E-state index in [0.29, 0.717) is 0 Å². The zero-order valence-corrected chi connectivity index (χ0v) is 13.7. The number of benzene rings is 1. The van der Waals surface area contributed by atoms with Crippen molar-refractivity contribution in [3.8, 4) is 5.75 Å². The Morgan fingerprint density at radius 2 is 1.95 bits per heavy atom. The molecule has 1 amide bonds. The Labute approximate surface area is 128 Å². The predicted molar refractivity (Wildman–Crippen MR) is 85.7 cm³/mol. The van der Waals surface area contributed by atoms with Gasteiger partial charge in [-0.05, 0) is 76.1 Å². The molecular weight excluding hydrogens is 262 g/mol. The normalized spacial score (nSPS) is 16.0. The quantitative estimate of drug-likeness (QED) is 0.898. The van der Waals surface area contributed by atoms with Crippen LogP contribution in [0.3, 0.4) is 0 Å². The summed E-state index contributed by atoms with van der Waals surface area (Å²) >= 11 is 0. The number of ether oxygens (including phenoxy) is 1. The standard InChI is InChI=1S/C18H27NO2/c1-5-18(3,4)19-17(20)13(2)21-16-11-10-14-8-6-7-9-15(14)12-16/h10-13H,5-9H2,1-4H3,(H,19,20). The molecule has 0 saturated carbocycles. The van der Waals surface area contributed by atoms with Crippen LogP contribution in [-0.2, 0) is 17.6 Å². The third kappa shape index (κ3) is 4.23. The molecule has 3 heteroatoms. The highest BCUT2D eigenvalue weighted by Crippen LogP contribution is 2.26. The Morgan fingerprint density at radius 3 is 2.62 bits per heavy atom. The lowest BCUT2D eigenvalue weighted by molar-refractivity contribution is -0.128. The van der Waals surface area contributed by atoms with E-state index in [1.807, 2.05) is 19.9 Å². The molecule has 1 aliphatic carbocycles. The van der Waals surface area contributed by atoms with Crippen molar-refractivity contribution in [1.82, 2.24) is 5.32 Å². The first-order valence-electron chi connectivity index (χ1n) is 8.02. The average Bonchev–Trinajstić information content (AvgIpc) is 2.46. The molecule has 1 aliphatic rings. The Hall–Kier alpha value is -1.51. The number of fused-ring (bicyclic) bond motifs is 1. The number of carbonyl (C=O) groups excluding carboxylic acids is 1. The van der Waals surface area contributed by atoms with E-state index in [2.05, 4.69) is 24.4 Å². The van der Waals surface area contributed by atoms with Crippen molar-refractivity contribution >= 4 is 5.91 Å². The molecule has 21 heavy (non-hydrogen) atoms. The number of rotatable bonds is 5. The van der Waals surface area contributed by atoms with Crippen molar-refractivity contribution in [1.29, 1.82) is 0 Å². The summed E-state index contributed by atoms with van der Waals surface area (Å²) in [7, 11) is 0. The fraction of sp³-hybridized carbons (Fsp3) is 0.611. The Balaban J connectivity index is 1.99. The highest BCUT2D eigenvalue weighted by molar-refractivity contribution is 5.81. The zero-order valence-electron chi connectivity index (χ0n) is 13.7. The molecule has 1 aromatic rings. The first kappa shape index (κ1) is 15.9. The van der Waals surface area contributed by atoms with Gasteiger partial charge >= 0.3 is 0 Å². The second-order valence-corrected chi connectivity index (χ2v) is 6.62. The summed E-state index contributed by atoms with van der Waals surface area (Å²) in [5.41, 5.74) is 2.61. The van der Waals surface area contributed by atoms with E-state index in [9.17, 15) is 4.79 Å². The lowest BCUT2D eigenvalue weighted by Crippen LogP contribution is -2.48. The Kier molecular flexibility index (Phi) is 4.92. The zero-order chi connectivity index (χ0) is 15.5. The number of hydrogen-bond acceptors (Lipinski definition) is 2. The molecule has 3 nitrogen and oxygen atoms in total. The average molecular weight is 289 g/mol. The molecule has 0 aliphatic heterocycles. The van der Waals surface area contributed by atoms with Crippen molar-refractivity contribution in [3.05, 3.63) is 29.3 Å². The van der Waals surface area contributed by atoms with Gasteiger partial charge in [-0.1, -0.05) is 13.0 Å². The minimum Gasteiger partial charge on any atom is -0.481 e. The van der Waals surface area contributed by atoms with Gasteiger partial charge in [0.15, 0.2) is 6.10 Å². The minimum absolute atomic E-state index is 0.0560. The topological polar surface area (TPSA) is 38.3 Å². The van der Waals surface area contributed by atoms with Crippen molar-refractivity contribution in [2.75, 3.05) is 0 Å². The van der Waals surface area contributed by atoms with E-state index >= 15 is 0 Å². The molecule has 0 saturated heterocycles. The van der Waals surface area contributed by atoms with Crippen LogP contribution in [-0.4, -0.2) is 17.6 Å². The summed E-state index contributed by atoms with van der Waals surface area (Å²) in [5, 5.41) is 3.02. The van der Waals surface area contributed by atoms with E-state index in [1.165, 1.54) is 24.0 Å². The Morgan fingerprint density at radius 1 is 1.29 bits per heavy atom. The third-order valence-corrected chi connectivity index (χ3v) is 4.35. The summed E-state index contributed by atoms with van der Waals surface area (Å²) in [6.07, 6.45) is 5.23. The molecular formula is C18H27NO2. The fourth-order valence-corrected chi connectivity index (χ4v) is 2.56. The number of hydrogen-bond donors (Lipinski definition) is 1. The Bertz CT molecular complexity index is 508. The molecule has 0 radical (unpaired) electrons. The lowest BCUT2D eigenvalue weighted by atomic mass is 9.92. The van der Waals surface area contributed by atoms with Crippen molar-refractivity contribution in [2.45, 2.75) is 71.4 Å². The summed E-state index contributed by atoms with van der Waals surface area (Å²) in [6.45, 7) is 7.92. The van der Waals surface area contributed by atoms with Gasteiger partial charge in [-0.2, -0.15) is 0 Å². The van der Waals surface area contributed by atoms with E-state index < -0.39 is 6.10 Å². The predicted octanol–water partition coefficient (Wildman–Crippen LogP) is 3.64. The van der Waals surface area contributed by atoms with E-state index in [4.69, 9.17) is 4.74 Å². The lowest BCUT2D eigenvalue weighted by Gasteiger charge is -2.27. The maximum Gasteiger partial charge on any atom is 0.261 e. The monoisotopic (exact) mass is 289 g/mol. The van der Waals surface area contributed by atoms with Crippen molar-refractivity contribution in [3.63, 3.8) is 0 Å². The van der Waals surface area contributed by atoms with Crippen LogP contribution in [0.1, 0.15) is 58.1 Å². The third-order valence-electron chi connectivity index (χ3n) is 4.35. The number of amides is 1. The van der Waals surface area contributed by atoms with Gasteiger partial charge in [0, 0.05) is 5.54 Å². The van der Waals surface area contributed by atoms with Crippen LogP contribution >= 0.6 is 0 Å². The molecule has 0 heterocycles. The van der Waals surface area contributed by atoms with Crippen LogP contribution in [0.2, 0.25) is 0 Å². The van der Waals surface area contributed by atoms with Crippen LogP contribution in [0.4, 0.5) is 0 Å². The molecule has 2 rings (SSSR count). The molecule has 0 fully saturated rings. The smallest absolute Gasteiger partial charge is 0.261 e. The molecule has 1 aromatic carbocycles. The van der Waals surface area contributed by atoms with E-state index in [0.717, 1.165) is 25.0 Å². The van der Waals surface area contributed by atoms with Gasteiger partial charge in [0.25, 0.3) is 5.91 Å². The molecule has 116 valence electrons. The fourth-order valence-electron chi connectivity index (χ4n) is 2.56. The first-order valence-corrected chi connectivity index (χ1v) is 8.02. The molecule has 0 bridgehead atoms. The maximum atomic E-state index is 12.2. The van der Waals surface area contributed by atoms with Gasteiger partial charge in [-0.3, -0.25) is 4.79 Å². The van der Waals surface area contributed by atoms with Crippen LogP contribution < -0.4 is 10.1 Å². The molecule has 0 aromatic heterocycles. The highest BCUT2D eigenvalue weighted by atomic mass is 16.5. The summed E-state index contributed by atoms with van der Waals surface area (Å²) in [4.78, 5) is 12.2. The van der Waals surface area contributed by atoms with Crippen LogP contribution in [0, 0.1) is 0 Å². The van der Waals surface area contributed by atoms with Crippen LogP contribution in [0.5, 0.6) is 5.75 Å². The second-order valence-electron chi connectivity index (χ2n) is 6.62. The number of carbonyl (C=O) groups is 1. The minimum atomic E-state index is -0.475. The van der Waals surface area contributed by atoms with E-state index in [-0.39, 0.29) is 11.4 Å². The van der Waals surface area contributed by atoms with E-state index in [1.54, 1.807) is 6.92 Å². The van der Waals surface area contributed by atoms with Gasteiger partial charge in [0.2, 0.25) is 0 Å². The SMILES string of the molecule is CCC(C)(C)NC(=O)C(C)Oc1ccc2c(c1)CCCC2. The van der Waals surface area contributed by atoms with Crippen LogP contribution in [0.15, 0.2) is 18.2 Å². The number of aryl methyl sites for hydroxylation is 2. The first-order chi connectivity index (χ1) is 9.91. The maximum absolute atomic E-state index is 12.2. The molecule has 1 atom stereocenters. The van der Waals surface area contributed by atoms with Gasteiger partial charge < -0.3 is 10.1 Å². The van der Waals surface area contributed by atoms with Crippen LogP contribution in [0.25, 0.3) is 0 Å². The second kappa shape index (κ2) is 6.50. The highest BCUT2D eigenvalue weighted by Gasteiger charge is 2.23. The van der Waals surface area contributed by atoms with Gasteiger partial charge in [-0.15, -0.1) is 0 Å². The van der Waals surface area contributed by atoms with Crippen molar-refractivity contribution < 1.29 is 9.53 Å². The summed E-state index contributed by atoms with van der Waals surface area (Å²) in [6, 6.07) is 6.23. The molecule has 0 spiro atoms. The summed E-state index contributed by atoms with van der Waals surface area (Å²) < 4.78 is 5.82. The van der Waals surface area contributed by atoms with Gasteiger partial charge in [-0.25, -0.2) is 0 Å². The summed E-state index contributed by atoms with van der Waals surface area (Å²) in [5.74, 6) is 0.743. The van der Waals surface area contributed by atoms with Gasteiger partial charge in [0.1, 0.15) is 5.75 Å². The van der Waals surface area contributed by atoms with Crippen molar-refractivity contribution in [2.24, 2.45) is 0 Å². The largest absolute Gasteiger partial charge is 0.481 e. The molecule has 1 unspecified atom stereocenters. The van der Waals surface area contributed by atoms with Gasteiger partial charge in [0.05, 0.1) is 0 Å².